The Morgan fingerprint density at radius 3 is 2.48 bits per heavy atom. The van der Waals surface area contributed by atoms with Gasteiger partial charge in [0, 0.05) is 22.7 Å². The average Bonchev–Trinajstić information content (AvgIpc) is 2.46. The van der Waals surface area contributed by atoms with E-state index in [4.69, 9.17) is 16.3 Å². The van der Waals surface area contributed by atoms with Crippen LogP contribution in [-0.2, 0) is 0 Å². The fourth-order valence-corrected chi connectivity index (χ4v) is 2.71. The molecule has 2 rings (SSSR count). The molecule has 0 aliphatic heterocycles. The number of methoxy groups -OCH3 is 1. The highest BCUT2D eigenvalue weighted by Gasteiger charge is 2.15. The van der Waals surface area contributed by atoms with E-state index in [-0.39, 0.29) is 12.1 Å². The average molecular weight is 304 g/mol. The first-order valence-electron chi connectivity index (χ1n) is 7.17. The third-order valence-corrected chi connectivity index (χ3v) is 3.94. The highest BCUT2D eigenvalue weighted by Crippen LogP contribution is 2.28. The molecule has 0 saturated carbocycles. The van der Waals surface area contributed by atoms with Crippen LogP contribution in [-0.4, -0.2) is 7.11 Å². The number of rotatable bonds is 5. The molecule has 0 aliphatic carbocycles. The minimum absolute atomic E-state index is 0.189. The summed E-state index contributed by atoms with van der Waals surface area (Å²) in [7, 11) is 1.71. The predicted molar refractivity (Wildman–Crippen MR) is 89.1 cm³/mol. The maximum Gasteiger partial charge on any atom is 0.123 e. The van der Waals surface area contributed by atoms with Crippen molar-refractivity contribution in [3.8, 4) is 5.75 Å². The van der Waals surface area contributed by atoms with Gasteiger partial charge >= 0.3 is 0 Å². The van der Waals surface area contributed by atoms with Gasteiger partial charge in [-0.1, -0.05) is 35.9 Å². The first-order valence-corrected chi connectivity index (χ1v) is 7.55. The third-order valence-electron chi connectivity index (χ3n) is 3.70. The molecule has 0 aliphatic rings. The highest BCUT2D eigenvalue weighted by molar-refractivity contribution is 6.30. The number of halogens is 1. The van der Waals surface area contributed by atoms with Gasteiger partial charge in [-0.25, -0.2) is 0 Å². The summed E-state index contributed by atoms with van der Waals surface area (Å²) in [4.78, 5) is 0. The van der Waals surface area contributed by atoms with E-state index in [0.29, 0.717) is 0 Å². The first kappa shape index (κ1) is 15.9. The second kappa shape index (κ2) is 6.97. The number of benzene rings is 2. The third kappa shape index (κ3) is 3.99. The summed E-state index contributed by atoms with van der Waals surface area (Å²) in [5.41, 5.74) is 3.54. The van der Waals surface area contributed by atoms with Crippen LogP contribution >= 0.6 is 11.6 Å². The summed E-state index contributed by atoms with van der Waals surface area (Å²) in [6.07, 6.45) is 0. The van der Waals surface area contributed by atoms with Crippen LogP contribution in [0.4, 0.5) is 0 Å². The standard InChI is InChI=1S/C18H22ClNO/c1-12-8-9-17(18(10-12)21-4)14(3)20-13(2)15-6-5-7-16(19)11-15/h5-11,13-14,20H,1-4H3/t13-,14?/m1/s1. The van der Waals surface area contributed by atoms with Crippen molar-refractivity contribution in [1.29, 1.82) is 0 Å². The Balaban J connectivity index is 2.16. The monoisotopic (exact) mass is 303 g/mol. The van der Waals surface area contributed by atoms with Gasteiger partial charge in [0.1, 0.15) is 5.75 Å². The Kier molecular flexibility index (Phi) is 5.27. The largest absolute Gasteiger partial charge is 0.496 e. The van der Waals surface area contributed by atoms with Crippen LogP contribution in [0.15, 0.2) is 42.5 Å². The lowest BCUT2D eigenvalue weighted by atomic mass is 10.0. The SMILES string of the molecule is COc1cc(C)ccc1C(C)N[C@H](C)c1cccc(Cl)c1. The van der Waals surface area contributed by atoms with Gasteiger partial charge in [-0.3, -0.25) is 0 Å². The van der Waals surface area contributed by atoms with Crippen molar-refractivity contribution >= 4 is 11.6 Å². The molecular weight excluding hydrogens is 282 g/mol. The molecular formula is C18H22ClNO. The minimum atomic E-state index is 0.189. The van der Waals surface area contributed by atoms with Crippen molar-refractivity contribution in [1.82, 2.24) is 5.32 Å². The van der Waals surface area contributed by atoms with Crippen molar-refractivity contribution < 1.29 is 4.74 Å². The topological polar surface area (TPSA) is 21.3 Å². The maximum absolute atomic E-state index is 6.06. The molecule has 0 bridgehead atoms. The van der Waals surface area contributed by atoms with Gasteiger partial charge in [-0.05, 0) is 50.1 Å². The molecule has 3 heteroatoms. The fourth-order valence-electron chi connectivity index (χ4n) is 2.51. The number of aryl methyl sites for hydroxylation is 1. The van der Waals surface area contributed by atoms with E-state index in [1.807, 2.05) is 18.2 Å². The molecule has 0 aromatic heterocycles. The molecule has 21 heavy (non-hydrogen) atoms. The van der Waals surface area contributed by atoms with E-state index >= 15 is 0 Å². The fraction of sp³-hybridized carbons (Fsp3) is 0.333. The van der Waals surface area contributed by atoms with Crippen molar-refractivity contribution in [2.75, 3.05) is 7.11 Å². The first-order chi connectivity index (χ1) is 10.0. The van der Waals surface area contributed by atoms with Crippen molar-refractivity contribution in [2.45, 2.75) is 32.9 Å². The summed E-state index contributed by atoms with van der Waals surface area (Å²) in [5.74, 6) is 0.924. The van der Waals surface area contributed by atoms with Crippen molar-refractivity contribution in [3.63, 3.8) is 0 Å². The Labute approximate surface area is 132 Å². The highest BCUT2D eigenvalue weighted by atomic mass is 35.5. The molecule has 2 aromatic carbocycles. The second-order valence-corrected chi connectivity index (χ2v) is 5.85. The lowest BCUT2D eigenvalue weighted by molar-refractivity contribution is 0.396. The van der Waals surface area contributed by atoms with E-state index in [9.17, 15) is 0 Å². The van der Waals surface area contributed by atoms with Crippen LogP contribution in [0.25, 0.3) is 0 Å². The second-order valence-electron chi connectivity index (χ2n) is 5.41. The van der Waals surface area contributed by atoms with E-state index in [1.54, 1.807) is 7.11 Å². The van der Waals surface area contributed by atoms with Crippen LogP contribution in [0.1, 0.15) is 42.6 Å². The Morgan fingerprint density at radius 1 is 1.05 bits per heavy atom. The van der Waals surface area contributed by atoms with Gasteiger partial charge in [-0.15, -0.1) is 0 Å². The summed E-state index contributed by atoms with van der Waals surface area (Å²) < 4.78 is 5.49. The molecule has 0 fully saturated rings. The van der Waals surface area contributed by atoms with E-state index in [0.717, 1.165) is 16.3 Å². The van der Waals surface area contributed by atoms with Crippen LogP contribution in [0, 0.1) is 6.92 Å². The van der Waals surface area contributed by atoms with Crippen molar-refractivity contribution in [2.24, 2.45) is 0 Å². The van der Waals surface area contributed by atoms with Gasteiger partial charge in [0.15, 0.2) is 0 Å². The van der Waals surface area contributed by atoms with E-state index in [2.05, 4.69) is 50.4 Å². The predicted octanol–water partition coefficient (Wildman–Crippen LogP) is 5.07. The van der Waals surface area contributed by atoms with Crippen LogP contribution < -0.4 is 10.1 Å². The Hall–Kier alpha value is -1.51. The summed E-state index contributed by atoms with van der Waals surface area (Å²) >= 11 is 6.06. The summed E-state index contributed by atoms with van der Waals surface area (Å²) in [6, 6.07) is 14.7. The minimum Gasteiger partial charge on any atom is -0.496 e. The lowest BCUT2D eigenvalue weighted by Gasteiger charge is -2.22. The number of nitrogens with one attached hydrogen (secondary N) is 1. The number of hydrogen-bond acceptors (Lipinski definition) is 2. The summed E-state index contributed by atoms with van der Waals surface area (Å²) in [5, 5.41) is 4.36. The van der Waals surface area contributed by atoms with Crippen molar-refractivity contribution in [3.05, 3.63) is 64.2 Å². The Bertz CT molecular complexity index is 612. The van der Waals surface area contributed by atoms with Crippen LogP contribution in [0.2, 0.25) is 5.02 Å². The molecule has 0 amide bonds. The molecule has 0 heterocycles. The van der Waals surface area contributed by atoms with Gasteiger partial charge in [0.05, 0.1) is 7.11 Å². The lowest BCUT2D eigenvalue weighted by Crippen LogP contribution is -2.23. The zero-order valence-corrected chi connectivity index (χ0v) is 13.7. The van der Waals surface area contributed by atoms with E-state index in [1.165, 1.54) is 11.1 Å². The smallest absolute Gasteiger partial charge is 0.123 e. The van der Waals surface area contributed by atoms with Crippen LogP contribution in [0.5, 0.6) is 5.75 Å². The molecule has 2 aromatic rings. The quantitative estimate of drug-likeness (QED) is 0.832. The van der Waals surface area contributed by atoms with Gasteiger partial charge in [0.25, 0.3) is 0 Å². The zero-order chi connectivity index (χ0) is 15.4. The normalized spacial score (nSPS) is 13.8. The molecule has 112 valence electrons. The molecule has 2 nitrogen and oxygen atoms in total. The Morgan fingerprint density at radius 2 is 1.81 bits per heavy atom. The molecule has 0 spiro atoms. The molecule has 0 saturated heterocycles. The summed E-state index contributed by atoms with van der Waals surface area (Å²) in [6.45, 7) is 6.36. The molecule has 2 atom stereocenters. The molecule has 1 unspecified atom stereocenters. The maximum atomic E-state index is 6.06. The molecule has 1 N–H and O–H groups in total. The van der Waals surface area contributed by atoms with Gasteiger partial charge < -0.3 is 10.1 Å². The van der Waals surface area contributed by atoms with Crippen LogP contribution in [0.3, 0.4) is 0 Å². The van der Waals surface area contributed by atoms with Gasteiger partial charge in [-0.2, -0.15) is 0 Å². The number of ether oxygens (including phenoxy) is 1. The van der Waals surface area contributed by atoms with Gasteiger partial charge in [0.2, 0.25) is 0 Å². The zero-order valence-electron chi connectivity index (χ0n) is 13.0. The number of hydrogen-bond donors (Lipinski definition) is 1. The molecule has 0 radical (unpaired) electrons. The van der Waals surface area contributed by atoms with E-state index < -0.39 is 0 Å².